The standard InChI is InChI=1S/C34H47N3O9/c1-4-36-26(22(16-33(40)41)11-21-9-10-37-32(35)13-21)19-45-31-15-23(14-30(44-3)34(31)42)28-18-24(38)17-25(46-28)7-5-20-6-8-27(39)29(12-20)43-2/h6,8-9,12-15,22,24-26,28,36-39,42H,4-5,7,10-11,16-19,35H2,1-3H3,(H,40,41). The monoisotopic (exact) mass is 641 g/mol. The van der Waals surface area contributed by atoms with Gasteiger partial charge in [-0.15, -0.1) is 0 Å². The van der Waals surface area contributed by atoms with Crippen molar-refractivity contribution in [3.63, 3.8) is 0 Å². The van der Waals surface area contributed by atoms with Gasteiger partial charge in [-0.2, -0.15) is 0 Å². The van der Waals surface area contributed by atoms with E-state index in [-0.39, 0.29) is 54.1 Å². The highest BCUT2D eigenvalue weighted by Gasteiger charge is 2.31. The molecule has 0 aliphatic carbocycles. The normalized spacial score (nSPS) is 20.9. The van der Waals surface area contributed by atoms with E-state index in [2.05, 4.69) is 10.6 Å². The van der Waals surface area contributed by atoms with Crippen LogP contribution in [0.5, 0.6) is 28.7 Å². The van der Waals surface area contributed by atoms with E-state index in [0.29, 0.717) is 62.3 Å². The number of rotatable bonds is 16. The zero-order valence-corrected chi connectivity index (χ0v) is 26.7. The first-order valence-corrected chi connectivity index (χ1v) is 15.7. The summed E-state index contributed by atoms with van der Waals surface area (Å²) in [6.45, 7) is 3.19. The van der Waals surface area contributed by atoms with Crippen LogP contribution in [0.2, 0.25) is 0 Å². The molecule has 1 saturated heterocycles. The molecule has 252 valence electrons. The molecule has 0 bridgehead atoms. The van der Waals surface area contributed by atoms with Crippen molar-refractivity contribution in [3.8, 4) is 28.7 Å². The number of carbonyl (C=O) groups is 1. The lowest BCUT2D eigenvalue weighted by molar-refractivity contribution is -0.138. The highest BCUT2D eigenvalue weighted by Crippen LogP contribution is 2.43. The molecule has 12 heteroatoms. The average Bonchev–Trinajstić information content (AvgIpc) is 3.02. The van der Waals surface area contributed by atoms with Crippen LogP contribution >= 0.6 is 0 Å². The SMILES string of the molecule is CCNC(COc1cc(C2CC(O)CC(CCc3ccc(O)c(OC)c3)O2)cc(OC)c1O)C(CC(=O)O)CC1=CCNC(N)=C1. The van der Waals surface area contributed by atoms with Crippen molar-refractivity contribution in [1.82, 2.24) is 10.6 Å². The fourth-order valence-corrected chi connectivity index (χ4v) is 6.09. The molecule has 1 fully saturated rings. The number of aromatic hydroxyl groups is 2. The van der Waals surface area contributed by atoms with Crippen molar-refractivity contribution in [1.29, 1.82) is 0 Å². The van der Waals surface area contributed by atoms with Gasteiger partial charge in [0.05, 0.1) is 44.8 Å². The summed E-state index contributed by atoms with van der Waals surface area (Å²) in [5.74, 6) is -0.0247. The summed E-state index contributed by atoms with van der Waals surface area (Å²) < 4.78 is 23.3. The van der Waals surface area contributed by atoms with E-state index in [9.17, 15) is 25.2 Å². The zero-order chi connectivity index (χ0) is 33.2. The van der Waals surface area contributed by atoms with Gasteiger partial charge in [0.15, 0.2) is 23.0 Å². The lowest BCUT2D eigenvalue weighted by atomic mass is 9.88. The van der Waals surface area contributed by atoms with E-state index in [1.54, 1.807) is 24.3 Å². The van der Waals surface area contributed by atoms with Crippen LogP contribution in [0, 0.1) is 5.92 Å². The summed E-state index contributed by atoms with van der Waals surface area (Å²) >= 11 is 0. The van der Waals surface area contributed by atoms with Crippen molar-refractivity contribution in [2.75, 3.05) is 33.9 Å². The number of aryl methyl sites for hydroxylation is 1. The van der Waals surface area contributed by atoms with Gasteiger partial charge in [0.25, 0.3) is 0 Å². The largest absolute Gasteiger partial charge is 0.504 e. The molecule has 2 aromatic carbocycles. The Balaban J connectivity index is 1.49. The van der Waals surface area contributed by atoms with E-state index in [0.717, 1.165) is 11.1 Å². The smallest absolute Gasteiger partial charge is 0.303 e. The maximum absolute atomic E-state index is 11.8. The van der Waals surface area contributed by atoms with Crippen LogP contribution in [0.15, 0.2) is 53.9 Å². The summed E-state index contributed by atoms with van der Waals surface area (Å²) in [6, 6.07) is 8.24. The summed E-state index contributed by atoms with van der Waals surface area (Å²) in [7, 11) is 2.95. The maximum atomic E-state index is 11.8. The number of benzene rings is 2. The Labute approximate surface area is 269 Å². The average molecular weight is 642 g/mol. The Kier molecular flexibility index (Phi) is 12.4. The zero-order valence-electron chi connectivity index (χ0n) is 26.7. The third-order valence-electron chi connectivity index (χ3n) is 8.43. The molecule has 46 heavy (non-hydrogen) atoms. The van der Waals surface area contributed by atoms with Crippen LogP contribution in [-0.4, -0.2) is 78.6 Å². The van der Waals surface area contributed by atoms with Gasteiger partial charge in [-0.05, 0) is 85.2 Å². The molecule has 8 N–H and O–H groups in total. The lowest BCUT2D eigenvalue weighted by Gasteiger charge is -2.34. The lowest BCUT2D eigenvalue weighted by Crippen LogP contribution is -2.42. The van der Waals surface area contributed by atoms with Crippen LogP contribution in [-0.2, 0) is 16.0 Å². The number of phenols is 2. The van der Waals surface area contributed by atoms with E-state index >= 15 is 0 Å². The predicted octanol–water partition coefficient (Wildman–Crippen LogP) is 3.50. The minimum atomic E-state index is -0.919. The molecular formula is C34H47N3O9. The summed E-state index contributed by atoms with van der Waals surface area (Å²) in [6.07, 6.45) is 5.04. The number of carboxylic acid groups (broad SMARTS) is 1. The first-order chi connectivity index (χ1) is 22.1. The van der Waals surface area contributed by atoms with E-state index in [1.165, 1.54) is 14.2 Å². The van der Waals surface area contributed by atoms with Crippen molar-refractivity contribution in [2.24, 2.45) is 11.7 Å². The number of aliphatic hydroxyl groups excluding tert-OH is 1. The number of ether oxygens (including phenoxy) is 4. The maximum Gasteiger partial charge on any atom is 0.303 e. The molecule has 0 saturated carbocycles. The molecular weight excluding hydrogens is 594 g/mol. The number of nitrogens with two attached hydrogens (primary N) is 1. The minimum absolute atomic E-state index is 0.0747. The van der Waals surface area contributed by atoms with Gasteiger partial charge >= 0.3 is 5.97 Å². The number of dihydropyridines is 1. The van der Waals surface area contributed by atoms with Crippen LogP contribution in [0.25, 0.3) is 0 Å². The second kappa shape index (κ2) is 16.4. The number of likely N-dealkylation sites (N-methyl/N-ethyl adjacent to an activating group) is 1. The number of carboxylic acids is 1. The van der Waals surface area contributed by atoms with E-state index in [4.69, 9.17) is 24.7 Å². The second-order valence-corrected chi connectivity index (χ2v) is 11.8. The van der Waals surface area contributed by atoms with Crippen LogP contribution in [0.3, 0.4) is 0 Å². The Bertz CT molecular complexity index is 1400. The number of hydrogen-bond acceptors (Lipinski definition) is 11. The Morgan fingerprint density at radius 2 is 1.89 bits per heavy atom. The topological polar surface area (TPSA) is 185 Å². The molecule has 2 aliphatic heterocycles. The molecule has 2 heterocycles. The van der Waals surface area contributed by atoms with Crippen molar-refractivity contribution in [3.05, 3.63) is 65.0 Å². The number of aliphatic hydroxyl groups is 1. The number of phenolic OH excluding ortho intramolecular Hbond substituents is 2. The number of aliphatic carboxylic acids is 1. The number of nitrogens with one attached hydrogen (secondary N) is 2. The molecule has 2 aromatic rings. The quantitative estimate of drug-likeness (QED) is 0.142. The highest BCUT2D eigenvalue weighted by molar-refractivity contribution is 5.67. The third-order valence-corrected chi connectivity index (χ3v) is 8.43. The van der Waals surface area contributed by atoms with Gasteiger partial charge in [0.1, 0.15) is 6.61 Å². The van der Waals surface area contributed by atoms with E-state index in [1.807, 2.05) is 25.1 Å². The van der Waals surface area contributed by atoms with Crippen LogP contribution in [0.1, 0.15) is 56.3 Å². The van der Waals surface area contributed by atoms with Gasteiger partial charge in [0.2, 0.25) is 5.75 Å². The minimum Gasteiger partial charge on any atom is -0.504 e. The van der Waals surface area contributed by atoms with Crippen LogP contribution < -0.4 is 30.6 Å². The van der Waals surface area contributed by atoms with Gasteiger partial charge in [0, 0.05) is 19.0 Å². The van der Waals surface area contributed by atoms with Crippen molar-refractivity contribution < 1.29 is 44.2 Å². The fourth-order valence-electron chi connectivity index (χ4n) is 6.09. The van der Waals surface area contributed by atoms with Crippen LogP contribution in [0.4, 0.5) is 0 Å². The number of hydrogen-bond donors (Lipinski definition) is 7. The second-order valence-electron chi connectivity index (χ2n) is 11.8. The first-order valence-electron chi connectivity index (χ1n) is 15.7. The van der Waals surface area contributed by atoms with Gasteiger partial charge in [-0.1, -0.05) is 19.1 Å². The molecule has 5 atom stereocenters. The Hall–Kier alpha value is -4.13. The highest BCUT2D eigenvalue weighted by atomic mass is 16.5. The molecule has 0 amide bonds. The molecule has 2 aliphatic rings. The summed E-state index contributed by atoms with van der Waals surface area (Å²) in [4.78, 5) is 11.8. The summed E-state index contributed by atoms with van der Waals surface area (Å²) in [5, 5.41) is 47.7. The van der Waals surface area contributed by atoms with Gasteiger partial charge in [-0.3, -0.25) is 4.79 Å². The first kappa shape index (κ1) is 34.7. The summed E-state index contributed by atoms with van der Waals surface area (Å²) in [5.41, 5.74) is 8.55. The Morgan fingerprint density at radius 3 is 2.59 bits per heavy atom. The molecule has 0 aromatic heterocycles. The molecule has 0 radical (unpaired) electrons. The molecule has 4 rings (SSSR count). The molecule has 12 nitrogen and oxygen atoms in total. The number of allylic oxidation sites excluding steroid dienone is 2. The number of methoxy groups -OCH3 is 2. The van der Waals surface area contributed by atoms with Gasteiger partial charge in [-0.25, -0.2) is 0 Å². The molecule has 0 spiro atoms. The predicted molar refractivity (Wildman–Crippen MR) is 172 cm³/mol. The van der Waals surface area contributed by atoms with E-state index < -0.39 is 18.2 Å². The van der Waals surface area contributed by atoms with Crippen molar-refractivity contribution in [2.45, 2.75) is 69.8 Å². The Morgan fingerprint density at radius 1 is 1.13 bits per heavy atom. The third kappa shape index (κ3) is 9.44. The van der Waals surface area contributed by atoms with Crippen molar-refractivity contribution >= 4 is 5.97 Å². The van der Waals surface area contributed by atoms with Gasteiger partial charge < -0.3 is 55.7 Å². The fraction of sp³-hybridized carbons (Fsp3) is 0.500. The molecule has 5 unspecified atom stereocenters.